The normalized spacial score (nSPS) is 22.2. The van der Waals surface area contributed by atoms with E-state index in [1.54, 1.807) is 18.3 Å². The molecule has 0 bridgehead atoms. The van der Waals surface area contributed by atoms with Gasteiger partial charge in [0.25, 0.3) is 0 Å². The average Bonchev–Trinajstić information content (AvgIpc) is 2.59. The molecular formula is C18H23F3N2O3. The molecule has 26 heavy (non-hydrogen) atoms. The highest BCUT2D eigenvalue weighted by Gasteiger charge is 2.58. The van der Waals surface area contributed by atoms with Gasteiger partial charge in [0, 0.05) is 25.4 Å². The van der Waals surface area contributed by atoms with Gasteiger partial charge in [-0.3, -0.25) is 4.79 Å². The summed E-state index contributed by atoms with van der Waals surface area (Å²) in [6.45, 7) is 0.396. The molecule has 1 aromatic rings. The van der Waals surface area contributed by atoms with Gasteiger partial charge in [-0.15, -0.1) is 0 Å². The van der Waals surface area contributed by atoms with Crippen LogP contribution in [0.4, 0.5) is 13.2 Å². The maximum absolute atomic E-state index is 13.3. The first-order valence-electron chi connectivity index (χ1n) is 8.75. The number of amides is 1. The first-order valence-corrected chi connectivity index (χ1v) is 8.75. The Labute approximate surface area is 150 Å². The second kappa shape index (κ2) is 7.42. The van der Waals surface area contributed by atoms with E-state index < -0.39 is 17.5 Å². The monoisotopic (exact) mass is 372 g/mol. The van der Waals surface area contributed by atoms with E-state index in [4.69, 9.17) is 9.47 Å². The van der Waals surface area contributed by atoms with E-state index in [2.05, 4.69) is 4.98 Å². The zero-order chi connectivity index (χ0) is 18.8. The fraction of sp³-hybridized carbons (Fsp3) is 0.667. The smallest absolute Gasteiger partial charge is 0.392 e. The van der Waals surface area contributed by atoms with Crippen molar-refractivity contribution in [2.24, 2.45) is 11.3 Å². The van der Waals surface area contributed by atoms with Crippen molar-refractivity contribution < 1.29 is 27.4 Å². The molecule has 1 atom stereocenters. The summed E-state index contributed by atoms with van der Waals surface area (Å²) in [5.41, 5.74) is 0.0105. The maximum atomic E-state index is 13.3. The number of pyridine rings is 1. The van der Waals surface area contributed by atoms with Gasteiger partial charge in [-0.2, -0.15) is 13.2 Å². The van der Waals surface area contributed by atoms with Gasteiger partial charge in [-0.25, -0.2) is 4.98 Å². The van der Waals surface area contributed by atoms with Crippen LogP contribution in [0.15, 0.2) is 18.3 Å². The summed E-state index contributed by atoms with van der Waals surface area (Å²) in [6.07, 6.45) is -0.721. The summed E-state index contributed by atoms with van der Waals surface area (Å²) in [5.74, 6) is -1.05. The minimum atomic E-state index is -4.19. The molecule has 1 amide bonds. The van der Waals surface area contributed by atoms with Crippen molar-refractivity contribution in [3.8, 4) is 5.88 Å². The predicted octanol–water partition coefficient (Wildman–Crippen LogP) is 3.19. The molecule has 1 spiro atoms. The Balaban J connectivity index is 1.51. The molecule has 0 N–H and O–H groups in total. The molecule has 1 saturated carbocycles. The third kappa shape index (κ3) is 3.95. The van der Waals surface area contributed by atoms with Crippen LogP contribution in [0.2, 0.25) is 0 Å². The van der Waals surface area contributed by atoms with Crippen LogP contribution in [0.5, 0.6) is 5.88 Å². The highest BCUT2D eigenvalue weighted by molar-refractivity contribution is 5.77. The molecule has 8 heteroatoms. The zero-order valence-electron chi connectivity index (χ0n) is 14.7. The van der Waals surface area contributed by atoms with Gasteiger partial charge in [-0.05, 0) is 36.3 Å². The quantitative estimate of drug-likeness (QED) is 0.797. The van der Waals surface area contributed by atoms with Crippen LogP contribution in [0.3, 0.4) is 0 Å². The van der Waals surface area contributed by atoms with Gasteiger partial charge in [0.05, 0.1) is 19.6 Å². The van der Waals surface area contributed by atoms with Crippen molar-refractivity contribution in [1.29, 1.82) is 0 Å². The number of aromatic nitrogens is 1. The third-order valence-corrected chi connectivity index (χ3v) is 5.53. The molecule has 1 aliphatic carbocycles. The van der Waals surface area contributed by atoms with E-state index in [1.165, 1.54) is 12.0 Å². The number of carbonyl (C=O) groups is 1. The number of alkyl halides is 3. The number of likely N-dealkylation sites (tertiary alicyclic amines) is 1. The average molecular weight is 372 g/mol. The summed E-state index contributed by atoms with van der Waals surface area (Å²) in [4.78, 5) is 17.9. The Morgan fingerprint density at radius 2 is 2.15 bits per heavy atom. The van der Waals surface area contributed by atoms with Gasteiger partial charge < -0.3 is 14.4 Å². The number of nitrogens with zero attached hydrogens (tertiary/aromatic N) is 2. The van der Waals surface area contributed by atoms with Crippen molar-refractivity contribution in [1.82, 2.24) is 9.88 Å². The number of ether oxygens (including phenoxy) is 2. The molecule has 1 aromatic heterocycles. The fourth-order valence-electron chi connectivity index (χ4n) is 3.99. The molecule has 0 aromatic carbocycles. The minimum absolute atomic E-state index is 0.0162. The summed E-state index contributed by atoms with van der Waals surface area (Å²) >= 11 is 0. The van der Waals surface area contributed by atoms with Gasteiger partial charge >= 0.3 is 6.18 Å². The number of hydrogen-bond acceptors (Lipinski definition) is 4. The molecule has 1 saturated heterocycles. The predicted molar refractivity (Wildman–Crippen MR) is 87.5 cm³/mol. The number of hydrogen-bond donors (Lipinski definition) is 0. The highest BCUT2D eigenvalue weighted by atomic mass is 19.4. The molecule has 1 aliphatic heterocycles. The number of halogens is 3. The number of piperidine rings is 1. The minimum Gasteiger partial charge on any atom is -0.481 e. The summed E-state index contributed by atoms with van der Waals surface area (Å²) in [5, 5.41) is 0. The van der Waals surface area contributed by atoms with Crippen molar-refractivity contribution in [2.75, 3.05) is 26.8 Å². The van der Waals surface area contributed by atoms with Crippen molar-refractivity contribution in [3.63, 3.8) is 0 Å². The number of rotatable bonds is 5. The third-order valence-electron chi connectivity index (χ3n) is 5.53. The molecule has 2 heterocycles. The number of methoxy groups -OCH3 is 1. The summed E-state index contributed by atoms with van der Waals surface area (Å²) in [7, 11) is 1.52. The summed E-state index contributed by atoms with van der Waals surface area (Å²) in [6, 6.07) is 3.48. The Bertz CT molecular complexity index is 630. The van der Waals surface area contributed by atoms with E-state index in [0.29, 0.717) is 18.7 Å². The second-order valence-corrected chi connectivity index (χ2v) is 7.12. The van der Waals surface area contributed by atoms with Crippen molar-refractivity contribution in [2.45, 2.75) is 38.5 Å². The molecule has 0 radical (unpaired) electrons. The van der Waals surface area contributed by atoms with Gasteiger partial charge in [-0.1, -0.05) is 6.42 Å². The first-order chi connectivity index (χ1) is 12.3. The van der Waals surface area contributed by atoms with Crippen LogP contribution in [0.1, 0.15) is 31.2 Å². The maximum Gasteiger partial charge on any atom is 0.392 e. The van der Waals surface area contributed by atoms with E-state index >= 15 is 0 Å². The topological polar surface area (TPSA) is 51.7 Å². The van der Waals surface area contributed by atoms with Crippen LogP contribution < -0.4 is 4.74 Å². The molecule has 2 fully saturated rings. The lowest BCUT2D eigenvalue weighted by molar-refractivity contribution is -0.237. The Morgan fingerprint density at radius 1 is 1.38 bits per heavy atom. The van der Waals surface area contributed by atoms with Crippen LogP contribution in [0, 0.1) is 11.3 Å². The highest BCUT2D eigenvalue weighted by Crippen LogP contribution is 2.56. The van der Waals surface area contributed by atoms with E-state index in [1.807, 2.05) is 0 Å². The molecule has 144 valence electrons. The fourth-order valence-corrected chi connectivity index (χ4v) is 3.99. The van der Waals surface area contributed by atoms with Gasteiger partial charge in [0.15, 0.2) is 0 Å². The lowest BCUT2D eigenvalue weighted by Gasteiger charge is -2.54. The zero-order valence-corrected chi connectivity index (χ0v) is 14.7. The number of carbonyl (C=O) groups excluding carboxylic acids is 1. The van der Waals surface area contributed by atoms with Crippen LogP contribution in [-0.2, 0) is 16.1 Å². The summed E-state index contributed by atoms with van der Waals surface area (Å²) < 4.78 is 50.3. The lowest BCUT2D eigenvalue weighted by atomic mass is 9.58. The van der Waals surface area contributed by atoms with Crippen LogP contribution >= 0.6 is 0 Å². The molecule has 3 rings (SSSR count). The molecule has 5 nitrogen and oxygen atoms in total. The Morgan fingerprint density at radius 3 is 2.69 bits per heavy atom. The van der Waals surface area contributed by atoms with E-state index in [-0.39, 0.29) is 38.6 Å². The van der Waals surface area contributed by atoms with Crippen LogP contribution in [0.25, 0.3) is 0 Å². The Kier molecular flexibility index (Phi) is 5.41. The van der Waals surface area contributed by atoms with E-state index in [0.717, 1.165) is 12.0 Å². The van der Waals surface area contributed by atoms with E-state index in [9.17, 15) is 18.0 Å². The largest absolute Gasteiger partial charge is 0.481 e. The SMILES string of the molecule is COc1ccc(COCC(=O)N2CCC(C(F)(F)F)C3(CCC3)C2)cn1. The van der Waals surface area contributed by atoms with Crippen LogP contribution in [-0.4, -0.2) is 48.8 Å². The van der Waals surface area contributed by atoms with Crippen molar-refractivity contribution in [3.05, 3.63) is 23.9 Å². The molecule has 1 unspecified atom stereocenters. The molecular weight excluding hydrogens is 349 g/mol. The van der Waals surface area contributed by atoms with Crippen molar-refractivity contribution >= 4 is 5.91 Å². The Hall–Kier alpha value is -1.83. The lowest BCUT2D eigenvalue weighted by Crippen LogP contribution is -2.58. The second-order valence-electron chi connectivity index (χ2n) is 7.12. The van der Waals surface area contributed by atoms with Gasteiger partial charge in [0.1, 0.15) is 6.61 Å². The molecule has 2 aliphatic rings. The standard InChI is InChI=1S/C18H23F3N2O3/c1-25-15-4-3-13(9-22-15)10-26-11-16(24)23-8-5-14(18(19,20)21)17(12-23)6-2-7-17/h3-4,9,14H,2,5-8,10-12H2,1H3. The van der Waals surface area contributed by atoms with Gasteiger partial charge in [0.2, 0.25) is 11.8 Å². The first kappa shape index (κ1) is 18.9.